The van der Waals surface area contributed by atoms with Gasteiger partial charge < -0.3 is 33.7 Å². The number of ether oxygens (including phenoxy) is 6. The van der Waals surface area contributed by atoms with Crippen molar-refractivity contribution in [3.63, 3.8) is 0 Å². The number of halogens is 5. The third-order valence-corrected chi connectivity index (χ3v) is 7.82. The molecule has 1 amide bonds. The summed E-state index contributed by atoms with van der Waals surface area (Å²) in [7, 11) is 0. The summed E-state index contributed by atoms with van der Waals surface area (Å²) in [5, 5.41) is 2.92. The first-order valence-electron chi connectivity index (χ1n) is 12.8. The van der Waals surface area contributed by atoms with Gasteiger partial charge in [-0.15, -0.1) is 22.0 Å². The SMILES string of the molecule is CCOC(=O)C1([C@H]2C[C@@H](NC(=O)[C@@]3(C)COc4cc5c(cc43)OC(F)(F)O5)c3ccc(OC(F)(F)F)cc3O2)CC1. The number of amides is 1. The second-order valence-corrected chi connectivity index (χ2v) is 10.6. The molecular formula is C27H24F5NO8. The van der Waals surface area contributed by atoms with Gasteiger partial charge in [0.25, 0.3) is 0 Å². The van der Waals surface area contributed by atoms with Gasteiger partial charge in [0.1, 0.15) is 40.8 Å². The smallest absolute Gasteiger partial charge is 0.492 e. The van der Waals surface area contributed by atoms with Crippen LogP contribution >= 0.6 is 0 Å². The van der Waals surface area contributed by atoms with Crippen molar-refractivity contribution in [2.75, 3.05) is 13.2 Å². The molecule has 1 N–H and O–H groups in total. The van der Waals surface area contributed by atoms with E-state index in [0.717, 1.165) is 12.1 Å². The number of hydrogen-bond acceptors (Lipinski definition) is 8. The van der Waals surface area contributed by atoms with Crippen molar-refractivity contribution in [2.24, 2.45) is 5.41 Å². The number of nitrogens with one attached hydrogen (secondary N) is 1. The molecule has 6 rings (SSSR count). The maximum absolute atomic E-state index is 13.8. The Morgan fingerprint density at radius 2 is 1.76 bits per heavy atom. The van der Waals surface area contributed by atoms with Crippen LogP contribution in [0.3, 0.4) is 0 Å². The van der Waals surface area contributed by atoms with E-state index >= 15 is 0 Å². The maximum atomic E-state index is 13.8. The topological polar surface area (TPSA) is 102 Å². The normalized spacial score (nSPS) is 26.1. The van der Waals surface area contributed by atoms with E-state index in [1.54, 1.807) is 13.8 Å². The zero-order valence-electron chi connectivity index (χ0n) is 21.7. The van der Waals surface area contributed by atoms with Crippen molar-refractivity contribution >= 4 is 11.9 Å². The van der Waals surface area contributed by atoms with Crippen molar-refractivity contribution in [1.82, 2.24) is 5.32 Å². The summed E-state index contributed by atoms with van der Waals surface area (Å²) in [6.45, 7) is 3.23. The summed E-state index contributed by atoms with van der Waals surface area (Å²) in [5.74, 6) is -1.86. The van der Waals surface area contributed by atoms with Gasteiger partial charge in [0, 0.05) is 29.7 Å². The summed E-state index contributed by atoms with van der Waals surface area (Å²) in [6, 6.07) is 5.21. The van der Waals surface area contributed by atoms with Crippen LogP contribution in [0.2, 0.25) is 0 Å². The largest absolute Gasteiger partial charge is 0.586 e. The summed E-state index contributed by atoms with van der Waals surface area (Å²) in [5.41, 5.74) is -1.69. The van der Waals surface area contributed by atoms with Gasteiger partial charge in [-0.3, -0.25) is 9.59 Å². The highest BCUT2D eigenvalue weighted by atomic mass is 19.4. The molecule has 41 heavy (non-hydrogen) atoms. The molecule has 0 aromatic heterocycles. The molecule has 3 heterocycles. The summed E-state index contributed by atoms with van der Waals surface area (Å²) in [6.07, 6.45) is -8.60. The van der Waals surface area contributed by atoms with Gasteiger partial charge >= 0.3 is 18.6 Å². The van der Waals surface area contributed by atoms with Gasteiger partial charge in [0.05, 0.1) is 12.6 Å². The second kappa shape index (κ2) is 9.02. The number of carbonyl (C=O) groups excluding carboxylic acids is 2. The molecule has 2 aromatic rings. The number of benzene rings is 2. The zero-order chi connectivity index (χ0) is 29.4. The third-order valence-electron chi connectivity index (χ3n) is 7.82. The van der Waals surface area contributed by atoms with Crippen LogP contribution in [-0.2, 0) is 19.7 Å². The fourth-order valence-electron chi connectivity index (χ4n) is 5.52. The van der Waals surface area contributed by atoms with Gasteiger partial charge in [0.15, 0.2) is 11.5 Å². The number of hydrogen-bond donors (Lipinski definition) is 1. The number of carbonyl (C=O) groups is 2. The Morgan fingerprint density at radius 3 is 2.41 bits per heavy atom. The maximum Gasteiger partial charge on any atom is 0.586 e. The van der Waals surface area contributed by atoms with Crippen LogP contribution in [-0.4, -0.2) is 43.9 Å². The van der Waals surface area contributed by atoms with Gasteiger partial charge in [-0.1, -0.05) is 0 Å². The Kier molecular flexibility index (Phi) is 5.98. The Balaban J connectivity index is 1.31. The predicted octanol–water partition coefficient (Wildman–Crippen LogP) is 4.91. The molecule has 0 saturated heterocycles. The van der Waals surface area contributed by atoms with E-state index in [2.05, 4.69) is 19.5 Å². The first-order valence-corrected chi connectivity index (χ1v) is 12.8. The van der Waals surface area contributed by atoms with Crippen LogP contribution in [0.15, 0.2) is 30.3 Å². The molecule has 4 aliphatic rings. The van der Waals surface area contributed by atoms with E-state index in [9.17, 15) is 31.5 Å². The molecular weight excluding hydrogens is 561 g/mol. The molecule has 1 aliphatic carbocycles. The molecule has 1 fully saturated rings. The van der Waals surface area contributed by atoms with Crippen LogP contribution in [0.5, 0.6) is 28.7 Å². The standard InChI is InChI=1S/C27H24F5NO8/c1-3-36-23(35)25(6-7-25)21-10-16(14-5-4-13(8-17(14)38-21)39-26(28,29)30)33-22(34)24(2)12-37-18-11-20-19(9-15(18)24)40-27(31,32)41-20/h4-5,8-9,11,16,21H,3,6-7,10,12H2,1-2H3,(H,33,34)/t16-,21-,24+/m1/s1. The predicted molar refractivity (Wildman–Crippen MR) is 127 cm³/mol. The quantitative estimate of drug-likeness (QED) is 0.377. The number of alkyl halides is 5. The molecule has 9 nitrogen and oxygen atoms in total. The van der Waals surface area contributed by atoms with Gasteiger partial charge in [-0.25, -0.2) is 0 Å². The van der Waals surface area contributed by atoms with Crippen molar-refractivity contribution in [1.29, 1.82) is 0 Å². The average molecular weight is 585 g/mol. The molecule has 1 saturated carbocycles. The third kappa shape index (κ3) is 4.72. The highest BCUT2D eigenvalue weighted by Crippen LogP contribution is 2.56. The van der Waals surface area contributed by atoms with Crippen molar-refractivity contribution in [2.45, 2.75) is 63.3 Å². The first-order chi connectivity index (χ1) is 19.2. The first kappa shape index (κ1) is 27.2. The lowest BCUT2D eigenvalue weighted by atomic mass is 9.82. The highest BCUT2D eigenvalue weighted by molar-refractivity contribution is 5.90. The monoisotopic (exact) mass is 585 g/mol. The van der Waals surface area contributed by atoms with Gasteiger partial charge in [-0.2, -0.15) is 0 Å². The fraction of sp³-hybridized carbons (Fsp3) is 0.481. The van der Waals surface area contributed by atoms with Crippen molar-refractivity contribution < 1.29 is 60.0 Å². The van der Waals surface area contributed by atoms with Crippen molar-refractivity contribution in [3.05, 3.63) is 41.5 Å². The average Bonchev–Trinajstić information content (AvgIpc) is 3.55. The number of esters is 1. The zero-order valence-corrected chi connectivity index (χ0v) is 21.7. The Labute approximate surface area is 229 Å². The fourth-order valence-corrected chi connectivity index (χ4v) is 5.52. The number of fused-ring (bicyclic) bond motifs is 3. The van der Waals surface area contributed by atoms with Crippen LogP contribution in [0.1, 0.15) is 50.3 Å². The molecule has 0 unspecified atom stereocenters. The van der Waals surface area contributed by atoms with Crippen LogP contribution in [0.4, 0.5) is 22.0 Å². The molecule has 220 valence electrons. The molecule has 14 heteroatoms. The van der Waals surface area contributed by atoms with E-state index in [-0.39, 0.29) is 48.2 Å². The summed E-state index contributed by atoms with van der Waals surface area (Å²) < 4.78 is 95.9. The van der Waals surface area contributed by atoms with E-state index in [0.29, 0.717) is 18.4 Å². The molecule has 3 atom stereocenters. The Morgan fingerprint density at radius 1 is 1.05 bits per heavy atom. The lowest BCUT2D eigenvalue weighted by molar-refractivity contribution is -0.286. The second-order valence-electron chi connectivity index (χ2n) is 10.6. The van der Waals surface area contributed by atoms with E-state index in [4.69, 9.17) is 14.2 Å². The summed E-state index contributed by atoms with van der Waals surface area (Å²) in [4.78, 5) is 26.6. The number of rotatable bonds is 6. The van der Waals surface area contributed by atoms with Gasteiger partial charge in [-0.05, 0) is 44.9 Å². The highest BCUT2D eigenvalue weighted by Gasteiger charge is 2.60. The van der Waals surface area contributed by atoms with Crippen LogP contribution < -0.4 is 29.0 Å². The Bertz CT molecular complexity index is 1430. The van der Waals surface area contributed by atoms with Crippen LogP contribution in [0.25, 0.3) is 0 Å². The van der Waals surface area contributed by atoms with E-state index < -0.39 is 53.3 Å². The van der Waals surface area contributed by atoms with Gasteiger partial charge in [0.2, 0.25) is 5.91 Å². The molecule has 0 spiro atoms. The minimum atomic E-state index is -4.94. The molecule has 3 aliphatic heterocycles. The lowest BCUT2D eigenvalue weighted by Crippen LogP contribution is -2.48. The van der Waals surface area contributed by atoms with E-state index in [1.807, 2.05) is 0 Å². The lowest BCUT2D eigenvalue weighted by Gasteiger charge is -2.37. The summed E-state index contributed by atoms with van der Waals surface area (Å²) >= 11 is 0. The Hall–Kier alpha value is -3.97. The minimum absolute atomic E-state index is 0.0164. The molecule has 2 aromatic carbocycles. The molecule has 0 radical (unpaired) electrons. The minimum Gasteiger partial charge on any atom is -0.492 e. The van der Waals surface area contributed by atoms with Crippen molar-refractivity contribution in [3.8, 4) is 28.7 Å². The van der Waals surface area contributed by atoms with Crippen LogP contribution in [0, 0.1) is 5.41 Å². The van der Waals surface area contributed by atoms with E-state index in [1.165, 1.54) is 18.2 Å². The molecule has 0 bridgehead atoms.